The molecule has 0 aliphatic heterocycles. The number of amides is 1. The summed E-state index contributed by atoms with van der Waals surface area (Å²) in [6.45, 7) is 1.13. The SMILES string of the molecule is O=C(C1CCCC1)N(Cc1nccn1CCc1c(F)cccc1Cl)C1CC1. The highest BCUT2D eigenvalue weighted by molar-refractivity contribution is 6.31. The Morgan fingerprint density at radius 2 is 2.04 bits per heavy atom. The monoisotopic (exact) mass is 389 g/mol. The Labute approximate surface area is 164 Å². The van der Waals surface area contributed by atoms with Crippen molar-refractivity contribution in [2.45, 2.75) is 64.1 Å². The van der Waals surface area contributed by atoms with Crippen LogP contribution in [0.1, 0.15) is 49.9 Å². The van der Waals surface area contributed by atoms with Gasteiger partial charge >= 0.3 is 0 Å². The lowest BCUT2D eigenvalue weighted by Gasteiger charge is -2.25. The highest BCUT2D eigenvalue weighted by atomic mass is 35.5. The first-order chi connectivity index (χ1) is 13.1. The van der Waals surface area contributed by atoms with Crippen molar-refractivity contribution < 1.29 is 9.18 Å². The molecule has 1 aromatic carbocycles. The second-order valence-electron chi connectivity index (χ2n) is 7.67. The molecule has 1 aromatic heterocycles. The standard InChI is InChI=1S/C21H25ClFN3O/c22-18-6-3-7-19(23)17(18)10-12-25-13-11-24-20(25)14-26(16-8-9-16)21(27)15-4-1-2-5-15/h3,6-7,11,13,15-16H,1-2,4-5,8-10,12,14H2. The van der Waals surface area contributed by atoms with Crippen molar-refractivity contribution in [1.82, 2.24) is 14.5 Å². The number of carbonyl (C=O) groups is 1. The maximum absolute atomic E-state index is 14.0. The zero-order valence-corrected chi connectivity index (χ0v) is 16.2. The van der Waals surface area contributed by atoms with E-state index in [-0.39, 0.29) is 11.7 Å². The van der Waals surface area contributed by atoms with E-state index >= 15 is 0 Å². The molecule has 0 spiro atoms. The number of hydrogen-bond donors (Lipinski definition) is 0. The Balaban J connectivity index is 1.45. The predicted molar refractivity (Wildman–Crippen MR) is 103 cm³/mol. The number of hydrogen-bond acceptors (Lipinski definition) is 2. The van der Waals surface area contributed by atoms with Gasteiger partial charge in [0.25, 0.3) is 0 Å². The number of nitrogens with zero attached hydrogens (tertiary/aromatic N) is 3. The molecule has 27 heavy (non-hydrogen) atoms. The van der Waals surface area contributed by atoms with E-state index in [1.807, 2.05) is 15.7 Å². The molecule has 4 rings (SSSR count). The summed E-state index contributed by atoms with van der Waals surface area (Å²) in [5, 5.41) is 0.452. The van der Waals surface area contributed by atoms with Crippen LogP contribution in [0.5, 0.6) is 0 Å². The van der Waals surface area contributed by atoms with Crippen molar-refractivity contribution in [2.24, 2.45) is 5.92 Å². The average Bonchev–Trinajstić information content (AvgIpc) is 3.17. The molecule has 2 aromatic rings. The normalized spacial score (nSPS) is 17.4. The first kappa shape index (κ1) is 18.5. The Bertz CT molecular complexity index is 791. The predicted octanol–water partition coefficient (Wildman–Crippen LogP) is 4.60. The van der Waals surface area contributed by atoms with Gasteiger partial charge in [0.05, 0.1) is 6.54 Å². The van der Waals surface area contributed by atoms with Crippen molar-refractivity contribution in [3.63, 3.8) is 0 Å². The average molecular weight is 390 g/mol. The van der Waals surface area contributed by atoms with Crippen LogP contribution in [0.3, 0.4) is 0 Å². The molecule has 0 unspecified atom stereocenters. The van der Waals surface area contributed by atoms with Crippen LogP contribution >= 0.6 is 11.6 Å². The highest BCUT2D eigenvalue weighted by Gasteiger charge is 2.37. The number of aromatic nitrogens is 2. The molecule has 0 bridgehead atoms. The first-order valence-corrected chi connectivity index (χ1v) is 10.2. The number of carbonyl (C=O) groups excluding carboxylic acids is 1. The van der Waals surface area contributed by atoms with Crippen molar-refractivity contribution in [3.05, 3.63) is 52.8 Å². The van der Waals surface area contributed by atoms with Crippen LogP contribution in [0.15, 0.2) is 30.6 Å². The van der Waals surface area contributed by atoms with Gasteiger partial charge < -0.3 is 9.47 Å². The van der Waals surface area contributed by atoms with Gasteiger partial charge in [0.2, 0.25) is 5.91 Å². The third-order valence-electron chi connectivity index (χ3n) is 5.75. The number of benzene rings is 1. The summed E-state index contributed by atoms with van der Waals surface area (Å²) in [4.78, 5) is 19.5. The molecule has 4 nitrogen and oxygen atoms in total. The molecule has 0 atom stereocenters. The molecule has 144 valence electrons. The van der Waals surface area contributed by atoms with Crippen molar-refractivity contribution in [1.29, 1.82) is 0 Å². The smallest absolute Gasteiger partial charge is 0.226 e. The van der Waals surface area contributed by atoms with Crippen molar-refractivity contribution in [2.75, 3.05) is 0 Å². The molecule has 6 heteroatoms. The first-order valence-electron chi connectivity index (χ1n) is 9.87. The van der Waals surface area contributed by atoms with Crippen LogP contribution in [0.2, 0.25) is 5.02 Å². The summed E-state index contributed by atoms with van der Waals surface area (Å²) >= 11 is 6.14. The number of rotatable bonds is 7. The molecule has 0 radical (unpaired) electrons. The van der Waals surface area contributed by atoms with E-state index in [4.69, 9.17) is 11.6 Å². The number of halogens is 2. The largest absolute Gasteiger partial charge is 0.333 e. The fourth-order valence-electron chi connectivity index (χ4n) is 4.03. The third kappa shape index (κ3) is 4.18. The van der Waals surface area contributed by atoms with E-state index in [1.54, 1.807) is 18.3 Å². The summed E-state index contributed by atoms with van der Waals surface area (Å²) in [7, 11) is 0. The minimum absolute atomic E-state index is 0.186. The highest BCUT2D eigenvalue weighted by Crippen LogP contribution is 2.34. The summed E-state index contributed by atoms with van der Waals surface area (Å²) < 4.78 is 16.0. The van der Waals surface area contributed by atoms with Gasteiger partial charge in [-0.15, -0.1) is 0 Å². The quantitative estimate of drug-likeness (QED) is 0.694. The lowest BCUT2D eigenvalue weighted by Crippen LogP contribution is -2.37. The topological polar surface area (TPSA) is 38.1 Å². The maximum Gasteiger partial charge on any atom is 0.226 e. The van der Waals surface area contributed by atoms with Crippen molar-refractivity contribution in [3.8, 4) is 0 Å². The zero-order chi connectivity index (χ0) is 18.8. The van der Waals surface area contributed by atoms with E-state index in [0.717, 1.165) is 44.3 Å². The van der Waals surface area contributed by atoms with Crippen LogP contribution in [0.25, 0.3) is 0 Å². The molecule has 2 aliphatic rings. The van der Waals surface area contributed by atoms with Crippen molar-refractivity contribution >= 4 is 17.5 Å². The van der Waals surface area contributed by atoms with Gasteiger partial charge in [0.15, 0.2) is 0 Å². The van der Waals surface area contributed by atoms with Gasteiger partial charge in [0.1, 0.15) is 11.6 Å². The van der Waals surface area contributed by atoms with Gasteiger partial charge in [-0.3, -0.25) is 4.79 Å². The second kappa shape index (κ2) is 8.01. The fraction of sp³-hybridized carbons (Fsp3) is 0.524. The molecule has 2 saturated carbocycles. The summed E-state index contributed by atoms with van der Waals surface area (Å²) in [5.74, 6) is 1.06. The molecule has 0 saturated heterocycles. The summed E-state index contributed by atoms with van der Waals surface area (Å²) in [6.07, 6.45) is 10.7. The number of imidazole rings is 1. The van der Waals surface area contributed by atoms with Crippen LogP contribution < -0.4 is 0 Å². The molecule has 2 aliphatic carbocycles. The summed E-state index contributed by atoms with van der Waals surface area (Å²) in [6, 6.07) is 5.13. The zero-order valence-electron chi connectivity index (χ0n) is 15.4. The van der Waals surface area contributed by atoms with E-state index in [2.05, 4.69) is 4.98 Å². The van der Waals surface area contributed by atoms with E-state index in [0.29, 0.717) is 42.0 Å². The maximum atomic E-state index is 14.0. The van der Waals surface area contributed by atoms with Gasteiger partial charge in [-0.25, -0.2) is 9.37 Å². The Kier molecular flexibility index (Phi) is 5.48. The molecule has 1 heterocycles. The van der Waals surface area contributed by atoms with Gasteiger partial charge in [-0.1, -0.05) is 30.5 Å². The lowest BCUT2D eigenvalue weighted by atomic mass is 10.1. The van der Waals surface area contributed by atoms with Gasteiger partial charge in [-0.2, -0.15) is 0 Å². The minimum atomic E-state index is -0.278. The van der Waals surface area contributed by atoms with Crippen LogP contribution in [-0.2, 0) is 24.3 Å². The molecule has 0 N–H and O–H groups in total. The Morgan fingerprint density at radius 1 is 1.26 bits per heavy atom. The van der Waals surface area contributed by atoms with E-state index in [9.17, 15) is 9.18 Å². The Morgan fingerprint density at radius 3 is 2.74 bits per heavy atom. The van der Waals surface area contributed by atoms with Crippen LogP contribution in [-0.4, -0.2) is 26.4 Å². The van der Waals surface area contributed by atoms with E-state index < -0.39 is 0 Å². The lowest BCUT2D eigenvalue weighted by molar-refractivity contribution is -0.136. The fourth-order valence-corrected chi connectivity index (χ4v) is 4.29. The minimum Gasteiger partial charge on any atom is -0.333 e. The molecule has 2 fully saturated rings. The van der Waals surface area contributed by atoms with Crippen LogP contribution in [0, 0.1) is 11.7 Å². The van der Waals surface area contributed by atoms with Gasteiger partial charge in [0, 0.05) is 41.5 Å². The molecular weight excluding hydrogens is 365 g/mol. The Hall–Kier alpha value is -1.88. The van der Waals surface area contributed by atoms with Crippen LogP contribution in [0.4, 0.5) is 4.39 Å². The van der Waals surface area contributed by atoms with Gasteiger partial charge in [-0.05, 0) is 44.2 Å². The second-order valence-corrected chi connectivity index (χ2v) is 8.07. The van der Waals surface area contributed by atoms with E-state index in [1.165, 1.54) is 6.07 Å². The third-order valence-corrected chi connectivity index (χ3v) is 6.11. The molecule has 1 amide bonds. The molecular formula is C21H25ClFN3O. The number of aryl methyl sites for hydroxylation is 1. The summed E-state index contributed by atoms with van der Waals surface area (Å²) in [5.41, 5.74) is 0.528.